The molecule has 3 aromatic carbocycles. The van der Waals surface area contributed by atoms with Gasteiger partial charge in [0.25, 0.3) is 11.8 Å². The molecule has 34 heavy (non-hydrogen) atoms. The van der Waals surface area contributed by atoms with E-state index in [1.54, 1.807) is 37.5 Å². The first-order valence-corrected chi connectivity index (χ1v) is 11.8. The number of carbonyl (C=O) groups is 2. The number of carbonyl (C=O) groups excluding carboxylic acids is 2. The number of aliphatic imine (C=N–C) groups is 1. The molecular formula is C25H20BrN3O4S. The van der Waals surface area contributed by atoms with Gasteiger partial charge in [0, 0.05) is 10.2 Å². The molecule has 0 unspecified atom stereocenters. The zero-order valence-electron chi connectivity index (χ0n) is 18.1. The summed E-state index contributed by atoms with van der Waals surface area (Å²) in [4.78, 5) is 29.4. The van der Waals surface area contributed by atoms with Crippen LogP contribution < -0.4 is 20.1 Å². The van der Waals surface area contributed by atoms with Gasteiger partial charge in [0.15, 0.2) is 11.8 Å². The summed E-state index contributed by atoms with van der Waals surface area (Å²) in [7, 11) is 1.60. The zero-order chi connectivity index (χ0) is 23.9. The molecule has 2 amide bonds. The summed E-state index contributed by atoms with van der Waals surface area (Å²) in [5.74, 6) is 0.835. The molecule has 1 saturated heterocycles. The van der Waals surface area contributed by atoms with Gasteiger partial charge in [-0.1, -0.05) is 28.1 Å². The van der Waals surface area contributed by atoms with Crippen LogP contribution in [0.25, 0.3) is 6.08 Å². The van der Waals surface area contributed by atoms with Crippen LogP contribution in [0.2, 0.25) is 0 Å². The lowest BCUT2D eigenvalue weighted by molar-refractivity contribution is -0.118. The number of benzene rings is 3. The molecule has 1 fully saturated rings. The summed E-state index contributed by atoms with van der Waals surface area (Å²) in [5, 5.41) is 6.06. The maximum absolute atomic E-state index is 12.3. The van der Waals surface area contributed by atoms with E-state index in [0.717, 1.165) is 21.5 Å². The van der Waals surface area contributed by atoms with E-state index in [0.29, 0.717) is 21.5 Å². The number of anilines is 1. The van der Waals surface area contributed by atoms with Crippen LogP contribution in [-0.2, 0) is 9.59 Å². The predicted molar refractivity (Wildman–Crippen MR) is 139 cm³/mol. The van der Waals surface area contributed by atoms with Crippen LogP contribution in [0.4, 0.5) is 11.4 Å². The Morgan fingerprint density at radius 3 is 2.38 bits per heavy atom. The normalized spacial score (nSPS) is 15.3. The molecule has 0 atom stereocenters. The maximum Gasteiger partial charge on any atom is 0.264 e. The second-order valence-corrected chi connectivity index (χ2v) is 9.04. The van der Waals surface area contributed by atoms with Gasteiger partial charge in [-0.2, -0.15) is 0 Å². The minimum Gasteiger partial charge on any atom is -0.497 e. The Morgan fingerprint density at radius 1 is 1.03 bits per heavy atom. The van der Waals surface area contributed by atoms with Gasteiger partial charge in [0.2, 0.25) is 0 Å². The van der Waals surface area contributed by atoms with Crippen molar-refractivity contribution in [1.29, 1.82) is 0 Å². The Morgan fingerprint density at radius 2 is 1.71 bits per heavy atom. The van der Waals surface area contributed by atoms with Crippen LogP contribution in [0.5, 0.6) is 11.5 Å². The number of rotatable bonds is 7. The number of nitrogens with zero attached hydrogens (tertiary/aromatic N) is 1. The van der Waals surface area contributed by atoms with Crippen LogP contribution in [0.15, 0.2) is 87.2 Å². The van der Waals surface area contributed by atoms with E-state index < -0.39 is 0 Å². The quantitative estimate of drug-likeness (QED) is 0.395. The molecule has 1 heterocycles. The monoisotopic (exact) mass is 537 g/mol. The SMILES string of the molecule is COc1ccc(N=C2NC(=O)/C(=C/c3ccc(OCC(=O)Nc4ccc(Br)cc4)cc3)S2)cc1. The first kappa shape index (κ1) is 23.6. The summed E-state index contributed by atoms with van der Waals surface area (Å²) in [6.45, 7) is -0.111. The minimum atomic E-state index is -0.253. The first-order chi connectivity index (χ1) is 16.5. The number of ether oxygens (including phenoxy) is 2. The minimum absolute atomic E-state index is 0.111. The highest BCUT2D eigenvalue weighted by molar-refractivity contribution is 9.10. The molecule has 0 aliphatic carbocycles. The summed E-state index contributed by atoms with van der Waals surface area (Å²) < 4.78 is 11.6. The van der Waals surface area contributed by atoms with E-state index >= 15 is 0 Å². The Hall–Kier alpha value is -3.56. The van der Waals surface area contributed by atoms with Crippen molar-refractivity contribution in [3.8, 4) is 11.5 Å². The fraction of sp³-hybridized carbons (Fsp3) is 0.0800. The second-order valence-electron chi connectivity index (χ2n) is 7.09. The van der Waals surface area contributed by atoms with Gasteiger partial charge in [0.05, 0.1) is 17.7 Å². The van der Waals surface area contributed by atoms with Crippen molar-refractivity contribution in [1.82, 2.24) is 5.32 Å². The van der Waals surface area contributed by atoms with Crippen molar-refractivity contribution in [2.75, 3.05) is 19.0 Å². The van der Waals surface area contributed by atoms with E-state index in [2.05, 4.69) is 31.6 Å². The van der Waals surface area contributed by atoms with Crippen molar-refractivity contribution in [3.05, 3.63) is 87.7 Å². The average Bonchev–Trinajstić information content (AvgIpc) is 3.19. The van der Waals surface area contributed by atoms with Crippen molar-refractivity contribution in [3.63, 3.8) is 0 Å². The topological polar surface area (TPSA) is 89.0 Å². The molecule has 0 saturated carbocycles. The Balaban J connectivity index is 1.32. The third kappa shape index (κ3) is 6.49. The summed E-state index contributed by atoms with van der Waals surface area (Å²) in [6, 6.07) is 21.7. The fourth-order valence-corrected chi connectivity index (χ4v) is 4.05. The molecule has 172 valence electrons. The number of thioether (sulfide) groups is 1. The number of nitrogens with one attached hydrogen (secondary N) is 2. The van der Waals surface area contributed by atoms with E-state index in [9.17, 15) is 9.59 Å². The highest BCUT2D eigenvalue weighted by Gasteiger charge is 2.23. The average molecular weight is 538 g/mol. The molecule has 2 N–H and O–H groups in total. The van der Waals surface area contributed by atoms with Gasteiger partial charge >= 0.3 is 0 Å². The molecule has 0 bridgehead atoms. The zero-order valence-corrected chi connectivity index (χ0v) is 20.5. The first-order valence-electron chi connectivity index (χ1n) is 10.2. The van der Waals surface area contributed by atoms with Crippen molar-refractivity contribution in [2.45, 2.75) is 0 Å². The number of amidine groups is 1. The maximum atomic E-state index is 12.3. The van der Waals surface area contributed by atoms with E-state index in [4.69, 9.17) is 9.47 Å². The molecule has 0 spiro atoms. The molecule has 1 aliphatic heterocycles. The molecular weight excluding hydrogens is 518 g/mol. The smallest absolute Gasteiger partial charge is 0.264 e. The largest absolute Gasteiger partial charge is 0.497 e. The van der Waals surface area contributed by atoms with Crippen LogP contribution in [0.3, 0.4) is 0 Å². The molecule has 3 aromatic rings. The molecule has 0 radical (unpaired) electrons. The third-order valence-electron chi connectivity index (χ3n) is 4.63. The highest BCUT2D eigenvalue weighted by atomic mass is 79.9. The molecule has 0 aromatic heterocycles. The van der Waals surface area contributed by atoms with Gasteiger partial charge < -0.3 is 20.1 Å². The lowest BCUT2D eigenvalue weighted by Gasteiger charge is -2.08. The number of hydrogen-bond acceptors (Lipinski definition) is 6. The van der Waals surface area contributed by atoms with Crippen molar-refractivity contribution >= 4 is 62.1 Å². The van der Waals surface area contributed by atoms with E-state index in [1.807, 2.05) is 48.5 Å². The van der Waals surface area contributed by atoms with Crippen LogP contribution in [0.1, 0.15) is 5.56 Å². The number of amides is 2. The Labute approximate surface area is 209 Å². The van der Waals surface area contributed by atoms with Crippen LogP contribution >= 0.6 is 27.7 Å². The lowest BCUT2D eigenvalue weighted by Crippen LogP contribution is -2.20. The van der Waals surface area contributed by atoms with Crippen LogP contribution in [0, 0.1) is 0 Å². The molecule has 1 aliphatic rings. The fourth-order valence-electron chi connectivity index (χ4n) is 2.95. The third-order valence-corrected chi connectivity index (χ3v) is 6.07. The van der Waals surface area contributed by atoms with Gasteiger partial charge in [-0.15, -0.1) is 0 Å². The number of hydrogen-bond donors (Lipinski definition) is 2. The number of halogens is 1. The molecule has 4 rings (SSSR count). The van der Waals surface area contributed by atoms with Gasteiger partial charge in [-0.3, -0.25) is 9.59 Å². The standard InChI is InChI=1S/C25H20BrN3O4S/c1-32-20-12-8-19(9-13-20)28-25-29-24(31)22(34-25)14-16-2-10-21(11-3-16)33-15-23(30)27-18-6-4-17(26)5-7-18/h2-14H,15H2,1H3,(H,27,30)(H,28,29,31)/b22-14-. The van der Waals surface area contributed by atoms with Crippen LogP contribution in [-0.4, -0.2) is 30.7 Å². The lowest BCUT2D eigenvalue weighted by atomic mass is 10.2. The van der Waals surface area contributed by atoms with Gasteiger partial charge in [-0.05, 0) is 84.1 Å². The van der Waals surface area contributed by atoms with Crippen molar-refractivity contribution in [2.24, 2.45) is 4.99 Å². The summed E-state index contributed by atoms with van der Waals surface area (Å²) >= 11 is 4.63. The number of methoxy groups -OCH3 is 1. The summed E-state index contributed by atoms with van der Waals surface area (Å²) in [6.07, 6.45) is 1.78. The Kier molecular flexibility index (Phi) is 7.66. The van der Waals surface area contributed by atoms with E-state index in [-0.39, 0.29) is 18.4 Å². The predicted octanol–water partition coefficient (Wildman–Crippen LogP) is 5.37. The summed E-state index contributed by atoms with van der Waals surface area (Å²) in [5.41, 5.74) is 2.24. The van der Waals surface area contributed by atoms with Gasteiger partial charge in [-0.25, -0.2) is 4.99 Å². The Bertz CT molecular complexity index is 1240. The van der Waals surface area contributed by atoms with E-state index in [1.165, 1.54) is 11.8 Å². The molecule has 7 nitrogen and oxygen atoms in total. The molecule has 9 heteroatoms. The highest BCUT2D eigenvalue weighted by Crippen LogP contribution is 2.29. The van der Waals surface area contributed by atoms with Gasteiger partial charge in [0.1, 0.15) is 11.5 Å². The second kappa shape index (κ2) is 11.0. The van der Waals surface area contributed by atoms with Crippen molar-refractivity contribution < 1.29 is 19.1 Å².